The number of H-pyrrole nitrogens is 1. The highest BCUT2D eigenvalue weighted by Gasteiger charge is 2.09. The number of rotatable bonds is 4. The molecule has 0 fully saturated rings. The van der Waals surface area contributed by atoms with Crippen molar-refractivity contribution in [1.29, 1.82) is 0 Å². The smallest absolute Gasteiger partial charge is 0.321 e. The van der Waals surface area contributed by atoms with Crippen molar-refractivity contribution in [3.05, 3.63) is 60.6 Å². The lowest BCUT2D eigenvalue weighted by atomic mass is 10.2. The Bertz CT molecular complexity index is 1060. The molecule has 2 amide bonds. The molecule has 0 aliphatic carbocycles. The maximum absolute atomic E-state index is 12.1. The zero-order chi connectivity index (χ0) is 17.9. The van der Waals surface area contributed by atoms with Gasteiger partial charge in [0.25, 0.3) is 0 Å². The minimum Gasteiger partial charge on any atom is -0.508 e. The summed E-state index contributed by atoms with van der Waals surface area (Å²) in [5.41, 5.74) is 2.66. The van der Waals surface area contributed by atoms with Crippen molar-refractivity contribution in [3.63, 3.8) is 0 Å². The predicted molar refractivity (Wildman–Crippen MR) is 101 cm³/mol. The minimum atomic E-state index is -0.370. The number of aromatic amines is 1. The number of nitrogens with one attached hydrogen (secondary N) is 3. The van der Waals surface area contributed by atoms with E-state index < -0.39 is 0 Å². The lowest BCUT2D eigenvalue weighted by Crippen LogP contribution is -2.28. The van der Waals surface area contributed by atoms with Gasteiger partial charge in [-0.05, 0) is 23.8 Å². The highest BCUT2D eigenvalue weighted by atomic mass is 32.1. The van der Waals surface area contributed by atoms with E-state index in [2.05, 4.69) is 25.6 Å². The van der Waals surface area contributed by atoms with E-state index in [1.807, 2.05) is 30.3 Å². The van der Waals surface area contributed by atoms with Gasteiger partial charge < -0.3 is 15.4 Å². The fourth-order valence-electron chi connectivity index (χ4n) is 2.49. The molecule has 130 valence electrons. The van der Waals surface area contributed by atoms with Crippen LogP contribution in [0.4, 0.5) is 9.93 Å². The number of aromatic nitrogens is 3. The van der Waals surface area contributed by atoms with Crippen molar-refractivity contribution in [2.75, 3.05) is 5.32 Å². The number of nitrogens with zero attached hydrogens (tertiary/aromatic N) is 2. The van der Waals surface area contributed by atoms with Gasteiger partial charge in [-0.25, -0.2) is 14.8 Å². The van der Waals surface area contributed by atoms with Crippen molar-refractivity contribution in [2.45, 2.75) is 6.54 Å². The van der Waals surface area contributed by atoms with Crippen molar-refractivity contribution in [3.8, 4) is 17.0 Å². The second-order valence-corrected chi connectivity index (χ2v) is 6.62. The van der Waals surface area contributed by atoms with Crippen molar-refractivity contribution in [2.24, 2.45) is 0 Å². The van der Waals surface area contributed by atoms with E-state index in [0.29, 0.717) is 11.0 Å². The molecule has 2 aromatic carbocycles. The average molecular weight is 365 g/mol. The molecule has 2 heterocycles. The monoisotopic (exact) mass is 365 g/mol. The number of carbonyl (C=O) groups excluding carboxylic acids is 1. The fraction of sp³-hybridized carbons (Fsp3) is 0.0556. The summed E-state index contributed by atoms with van der Waals surface area (Å²) in [5, 5.41) is 15.4. The highest BCUT2D eigenvalue weighted by Crippen LogP contribution is 2.28. The third-order valence-corrected chi connectivity index (χ3v) is 4.66. The Labute approximate surface area is 152 Å². The van der Waals surface area contributed by atoms with Crippen molar-refractivity contribution in [1.82, 2.24) is 20.3 Å². The number of carbonyl (C=O) groups is 1. The van der Waals surface area contributed by atoms with E-state index in [-0.39, 0.29) is 18.3 Å². The molecule has 4 aromatic rings. The van der Waals surface area contributed by atoms with Crippen LogP contribution in [0.5, 0.6) is 5.75 Å². The number of thiazole rings is 1. The van der Waals surface area contributed by atoms with Crippen LogP contribution >= 0.6 is 11.3 Å². The van der Waals surface area contributed by atoms with Gasteiger partial charge in [0.15, 0.2) is 5.13 Å². The first kappa shape index (κ1) is 16.1. The summed E-state index contributed by atoms with van der Waals surface area (Å²) in [6.07, 6.45) is 1.74. The Morgan fingerprint density at radius 1 is 1.19 bits per heavy atom. The normalized spacial score (nSPS) is 10.8. The van der Waals surface area contributed by atoms with Gasteiger partial charge in [-0.3, -0.25) is 5.32 Å². The Morgan fingerprint density at radius 2 is 2.04 bits per heavy atom. The van der Waals surface area contributed by atoms with Gasteiger partial charge in [0.05, 0.1) is 28.7 Å². The van der Waals surface area contributed by atoms with E-state index in [0.717, 1.165) is 21.5 Å². The molecule has 0 spiro atoms. The van der Waals surface area contributed by atoms with Crippen LogP contribution in [0.25, 0.3) is 21.5 Å². The number of imidazole rings is 1. The molecule has 8 heteroatoms. The summed E-state index contributed by atoms with van der Waals surface area (Å²) in [4.78, 5) is 23.8. The lowest BCUT2D eigenvalue weighted by Gasteiger charge is -2.03. The van der Waals surface area contributed by atoms with Crippen molar-refractivity contribution >= 4 is 32.7 Å². The summed E-state index contributed by atoms with van der Waals surface area (Å²) in [7, 11) is 0. The minimum absolute atomic E-state index is 0.171. The van der Waals surface area contributed by atoms with Crippen LogP contribution in [-0.2, 0) is 6.54 Å². The van der Waals surface area contributed by atoms with Crippen LogP contribution in [-0.4, -0.2) is 26.1 Å². The van der Waals surface area contributed by atoms with E-state index in [4.69, 9.17) is 0 Å². The Hall–Kier alpha value is -3.39. The first-order valence-electron chi connectivity index (χ1n) is 7.91. The summed E-state index contributed by atoms with van der Waals surface area (Å²) in [5.74, 6) is 0.831. The summed E-state index contributed by atoms with van der Waals surface area (Å²) in [6.45, 7) is 0.268. The number of fused-ring (bicyclic) bond motifs is 1. The molecule has 26 heavy (non-hydrogen) atoms. The van der Waals surface area contributed by atoms with Gasteiger partial charge >= 0.3 is 6.03 Å². The van der Waals surface area contributed by atoms with Gasteiger partial charge in [-0.1, -0.05) is 41.7 Å². The van der Waals surface area contributed by atoms with Crippen LogP contribution in [0.1, 0.15) is 5.82 Å². The molecule has 4 N–H and O–H groups in total. The molecule has 4 rings (SSSR count). The molecule has 0 aliphatic rings. The Kier molecular flexibility index (Phi) is 4.24. The molecule has 2 aromatic heterocycles. The van der Waals surface area contributed by atoms with Crippen LogP contribution in [0.3, 0.4) is 0 Å². The van der Waals surface area contributed by atoms with Crippen molar-refractivity contribution < 1.29 is 9.90 Å². The van der Waals surface area contributed by atoms with E-state index in [9.17, 15) is 9.90 Å². The molecule has 0 atom stereocenters. The van der Waals surface area contributed by atoms with Crippen LogP contribution in [0.15, 0.2) is 54.7 Å². The SMILES string of the molecule is O=C(NCc1ncc(-c2ccccc2)[nH]1)Nc1nc2ccc(O)cc2s1. The maximum atomic E-state index is 12.1. The first-order chi connectivity index (χ1) is 12.7. The number of benzene rings is 2. The van der Waals surface area contributed by atoms with Gasteiger partial charge in [-0.2, -0.15) is 0 Å². The van der Waals surface area contributed by atoms with Crippen LogP contribution < -0.4 is 10.6 Å². The van der Waals surface area contributed by atoms with E-state index in [1.165, 1.54) is 11.3 Å². The standard InChI is InChI=1S/C18H15N5O2S/c24-12-6-7-13-15(8-12)26-18(22-13)23-17(25)20-10-16-19-9-14(21-16)11-4-2-1-3-5-11/h1-9,24H,10H2,(H,19,21)(H2,20,22,23,25). The van der Waals surface area contributed by atoms with Gasteiger partial charge in [0, 0.05) is 0 Å². The molecule has 0 saturated carbocycles. The van der Waals surface area contributed by atoms with Crippen LogP contribution in [0.2, 0.25) is 0 Å². The Morgan fingerprint density at radius 3 is 2.88 bits per heavy atom. The molecule has 0 radical (unpaired) electrons. The first-order valence-corrected chi connectivity index (χ1v) is 8.73. The fourth-order valence-corrected chi connectivity index (χ4v) is 3.38. The quantitative estimate of drug-likeness (QED) is 0.442. The van der Waals surface area contributed by atoms with E-state index in [1.54, 1.807) is 24.4 Å². The molecule has 0 bridgehead atoms. The summed E-state index contributed by atoms with van der Waals surface area (Å²) in [6, 6.07) is 14.4. The molecule has 7 nitrogen and oxygen atoms in total. The second-order valence-electron chi connectivity index (χ2n) is 5.59. The zero-order valence-electron chi connectivity index (χ0n) is 13.6. The number of aromatic hydroxyl groups is 1. The third-order valence-electron chi connectivity index (χ3n) is 3.72. The average Bonchev–Trinajstić information content (AvgIpc) is 3.27. The Balaban J connectivity index is 1.37. The number of phenolic OH excluding ortho intramolecular Hbond substituents is 1. The number of urea groups is 1. The van der Waals surface area contributed by atoms with Gasteiger partial charge in [0.1, 0.15) is 11.6 Å². The number of phenols is 1. The molecule has 0 saturated heterocycles. The number of hydrogen-bond donors (Lipinski definition) is 4. The third kappa shape index (κ3) is 3.50. The number of amides is 2. The molecular formula is C18H15N5O2S. The largest absolute Gasteiger partial charge is 0.508 e. The topological polar surface area (TPSA) is 103 Å². The second kappa shape index (κ2) is 6.85. The predicted octanol–water partition coefficient (Wildman–Crippen LogP) is 3.71. The molecule has 0 unspecified atom stereocenters. The summed E-state index contributed by atoms with van der Waals surface area (Å²) >= 11 is 1.30. The summed E-state index contributed by atoms with van der Waals surface area (Å²) < 4.78 is 0.804. The number of hydrogen-bond acceptors (Lipinski definition) is 5. The zero-order valence-corrected chi connectivity index (χ0v) is 14.4. The number of anilines is 1. The maximum Gasteiger partial charge on any atom is 0.321 e. The lowest BCUT2D eigenvalue weighted by molar-refractivity contribution is 0.251. The van der Waals surface area contributed by atoms with Gasteiger partial charge in [-0.15, -0.1) is 0 Å². The van der Waals surface area contributed by atoms with Gasteiger partial charge in [0.2, 0.25) is 0 Å². The van der Waals surface area contributed by atoms with Crippen LogP contribution in [0, 0.1) is 0 Å². The highest BCUT2D eigenvalue weighted by molar-refractivity contribution is 7.22. The van der Waals surface area contributed by atoms with E-state index >= 15 is 0 Å². The molecule has 0 aliphatic heterocycles. The molecular weight excluding hydrogens is 350 g/mol.